The fraction of sp³-hybridized carbons (Fsp3) is 0.818. The van der Waals surface area contributed by atoms with Crippen molar-refractivity contribution in [3.8, 4) is 0 Å². The first-order valence-corrected chi connectivity index (χ1v) is 5.51. The Balaban J connectivity index is 2.35. The van der Waals surface area contributed by atoms with Crippen LogP contribution in [0.25, 0.3) is 0 Å². The van der Waals surface area contributed by atoms with Gasteiger partial charge in [-0.2, -0.15) is 0 Å². The maximum absolute atomic E-state index is 11.2. The van der Waals surface area contributed by atoms with Gasteiger partial charge in [0, 0.05) is 12.0 Å². The molecule has 1 aliphatic heterocycles. The third-order valence-corrected chi connectivity index (χ3v) is 3.80. The fourth-order valence-electron chi connectivity index (χ4n) is 3.37. The number of hydrogen-bond acceptors (Lipinski definition) is 3. The average molecular weight is 226 g/mol. The van der Waals surface area contributed by atoms with E-state index in [4.69, 9.17) is 5.21 Å². The second-order valence-corrected chi connectivity index (χ2v) is 5.96. The van der Waals surface area contributed by atoms with Gasteiger partial charge in [-0.15, -0.1) is 5.16 Å². The standard InChI is InChI=1S/C11H18N2O3/c1-10(2,3)8-11(6-12-16)4-7(11)5-13(8)9(14)15/h6-8,16H,4-5H2,1-3H3,(H,14,15). The minimum atomic E-state index is -0.877. The van der Waals surface area contributed by atoms with Crippen LogP contribution in [0.4, 0.5) is 4.79 Å². The lowest BCUT2D eigenvalue weighted by Crippen LogP contribution is -2.48. The molecule has 1 saturated carbocycles. The van der Waals surface area contributed by atoms with Crippen LogP contribution in [0.2, 0.25) is 0 Å². The van der Waals surface area contributed by atoms with Crippen molar-refractivity contribution in [1.82, 2.24) is 4.90 Å². The van der Waals surface area contributed by atoms with Crippen LogP contribution in [0.15, 0.2) is 5.16 Å². The number of fused-ring (bicyclic) bond motifs is 1. The SMILES string of the molecule is CC(C)(C)C1N(C(=O)O)CC2CC21C=NO. The minimum absolute atomic E-state index is 0.0987. The number of carboxylic acid groups (broad SMARTS) is 1. The molecule has 2 aliphatic rings. The third kappa shape index (κ3) is 1.37. The molecule has 5 heteroatoms. The van der Waals surface area contributed by atoms with Gasteiger partial charge in [-0.1, -0.05) is 20.8 Å². The van der Waals surface area contributed by atoms with Gasteiger partial charge in [-0.25, -0.2) is 4.79 Å². The molecule has 1 saturated heterocycles. The maximum Gasteiger partial charge on any atom is 0.407 e. The largest absolute Gasteiger partial charge is 0.465 e. The molecule has 90 valence electrons. The number of oxime groups is 1. The molecule has 2 rings (SSSR count). The molecular formula is C11H18N2O3. The molecule has 2 N–H and O–H groups in total. The summed E-state index contributed by atoms with van der Waals surface area (Å²) < 4.78 is 0. The monoisotopic (exact) mass is 226 g/mol. The van der Waals surface area contributed by atoms with Gasteiger partial charge in [0.05, 0.1) is 12.3 Å². The van der Waals surface area contributed by atoms with E-state index in [-0.39, 0.29) is 16.9 Å². The van der Waals surface area contributed by atoms with Gasteiger partial charge in [0.1, 0.15) is 0 Å². The van der Waals surface area contributed by atoms with Crippen LogP contribution in [0.5, 0.6) is 0 Å². The number of amides is 1. The Kier molecular flexibility index (Phi) is 2.19. The summed E-state index contributed by atoms with van der Waals surface area (Å²) in [6, 6.07) is -0.0987. The molecule has 5 nitrogen and oxygen atoms in total. The highest BCUT2D eigenvalue weighted by molar-refractivity contribution is 5.76. The van der Waals surface area contributed by atoms with Gasteiger partial charge in [0.2, 0.25) is 0 Å². The van der Waals surface area contributed by atoms with E-state index >= 15 is 0 Å². The number of hydrogen-bond donors (Lipinski definition) is 2. The Bertz CT molecular complexity index is 348. The summed E-state index contributed by atoms with van der Waals surface area (Å²) in [6.45, 7) is 6.65. The summed E-state index contributed by atoms with van der Waals surface area (Å²) in [4.78, 5) is 12.7. The molecule has 0 aromatic heterocycles. The Morgan fingerprint density at radius 1 is 1.56 bits per heavy atom. The summed E-state index contributed by atoms with van der Waals surface area (Å²) >= 11 is 0. The molecule has 3 unspecified atom stereocenters. The predicted octanol–water partition coefficient (Wildman–Crippen LogP) is 1.86. The Morgan fingerprint density at radius 3 is 2.62 bits per heavy atom. The smallest absolute Gasteiger partial charge is 0.407 e. The molecule has 0 spiro atoms. The highest BCUT2D eigenvalue weighted by Gasteiger charge is 2.69. The zero-order valence-corrected chi connectivity index (χ0v) is 9.84. The molecule has 0 aromatic rings. The van der Waals surface area contributed by atoms with Crippen molar-refractivity contribution in [3.05, 3.63) is 0 Å². The number of carbonyl (C=O) groups is 1. The fourth-order valence-corrected chi connectivity index (χ4v) is 3.37. The van der Waals surface area contributed by atoms with E-state index in [0.717, 1.165) is 6.42 Å². The number of rotatable bonds is 1. The molecule has 1 aliphatic carbocycles. The lowest BCUT2D eigenvalue weighted by Gasteiger charge is -2.38. The van der Waals surface area contributed by atoms with Crippen LogP contribution >= 0.6 is 0 Å². The van der Waals surface area contributed by atoms with E-state index < -0.39 is 6.09 Å². The lowest BCUT2D eigenvalue weighted by atomic mass is 9.77. The first kappa shape index (κ1) is 11.2. The van der Waals surface area contributed by atoms with Crippen LogP contribution in [0.1, 0.15) is 27.2 Å². The lowest BCUT2D eigenvalue weighted by molar-refractivity contribution is 0.0842. The van der Waals surface area contributed by atoms with Crippen LogP contribution in [0.3, 0.4) is 0 Å². The quantitative estimate of drug-likeness (QED) is 0.407. The summed E-state index contributed by atoms with van der Waals surface area (Å²) in [5, 5.41) is 21.1. The molecule has 0 radical (unpaired) electrons. The van der Waals surface area contributed by atoms with Crippen molar-refractivity contribution in [2.75, 3.05) is 6.54 Å². The highest BCUT2D eigenvalue weighted by atomic mass is 16.4. The van der Waals surface area contributed by atoms with E-state index in [1.807, 2.05) is 20.8 Å². The van der Waals surface area contributed by atoms with E-state index in [9.17, 15) is 9.90 Å². The third-order valence-electron chi connectivity index (χ3n) is 3.80. The van der Waals surface area contributed by atoms with Gasteiger partial charge in [-0.05, 0) is 17.8 Å². The Labute approximate surface area is 94.7 Å². The first-order valence-electron chi connectivity index (χ1n) is 5.51. The topological polar surface area (TPSA) is 73.1 Å². The van der Waals surface area contributed by atoms with E-state index in [1.165, 1.54) is 11.1 Å². The minimum Gasteiger partial charge on any atom is -0.465 e. The Hall–Kier alpha value is -1.26. The maximum atomic E-state index is 11.2. The van der Waals surface area contributed by atoms with Crippen LogP contribution < -0.4 is 0 Å². The molecule has 0 bridgehead atoms. The van der Waals surface area contributed by atoms with Gasteiger partial charge in [0.25, 0.3) is 0 Å². The van der Waals surface area contributed by atoms with Crippen molar-refractivity contribution < 1.29 is 15.1 Å². The second kappa shape index (κ2) is 3.12. The highest BCUT2D eigenvalue weighted by Crippen LogP contribution is 2.63. The molecule has 16 heavy (non-hydrogen) atoms. The van der Waals surface area contributed by atoms with Crippen LogP contribution in [-0.2, 0) is 0 Å². The number of likely N-dealkylation sites (tertiary alicyclic amines) is 1. The summed E-state index contributed by atoms with van der Waals surface area (Å²) in [5.74, 6) is 0.323. The average Bonchev–Trinajstić information content (AvgIpc) is 2.68. The molecule has 2 fully saturated rings. The van der Waals surface area contributed by atoms with Crippen molar-refractivity contribution in [2.45, 2.75) is 33.2 Å². The van der Waals surface area contributed by atoms with Gasteiger partial charge >= 0.3 is 6.09 Å². The van der Waals surface area contributed by atoms with Crippen molar-refractivity contribution in [2.24, 2.45) is 21.9 Å². The second-order valence-electron chi connectivity index (χ2n) is 5.96. The van der Waals surface area contributed by atoms with Crippen LogP contribution in [-0.4, -0.2) is 40.1 Å². The molecular weight excluding hydrogens is 208 g/mol. The van der Waals surface area contributed by atoms with E-state index in [0.29, 0.717) is 12.5 Å². The summed E-state index contributed by atoms with van der Waals surface area (Å²) in [5.41, 5.74) is -0.379. The van der Waals surface area contributed by atoms with Crippen molar-refractivity contribution >= 4 is 12.3 Å². The zero-order valence-electron chi connectivity index (χ0n) is 9.84. The van der Waals surface area contributed by atoms with Crippen molar-refractivity contribution in [1.29, 1.82) is 0 Å². The summed E-state index contributed by atoms with van der Waals surface area (Å²) in [6.07, 6.45) is 1.59. The normalized spacial score (nSPS) is 37.8. The summed E-state index contributed by atoms with van der Waals surface area (Å²) in [7, 11) is 0. The van der Waals surface area contributed by atoms with Gasteiger partial charge in [-0.3, -0.25) is 0 Å². The van der Waals surface area contributed by atoms with E-state index in [2.05, 4.69) is 5.16 Å². The molecule has 0 aromatic carbocycles. The zero-order chi connectivity index (χ0) is 12.1. The molecule has 1 amide bonds. The number of nitrogens with zero attached hydrogens (tertiary/aromatic N) is 2. The number of piperidine rings is 1. The van der Waals surface area contributed by atoms with Crippen molar-refractivity contribution in [3.63, 3.8) is 0 Å². The molecule has 3 atom stereocenters. The van der Waals surface area contributed by atoms with Crippen LogP contribution in [0, 0.1) is 16.7 Å². The first-order chi connectivity index (χ1) is 7.33. The van der Waals surface area contributed by atoms with Gasteiger partial charge < -0.3 is 15.2 Å². The Morgan fingerprint density at radius 2 is 2.19 bits per heavy atom. The van der Waals surface area contributed by atoms with Gasteiger partial charge in [0.15, 0.2) is 0 Å². The predicted molar refractivity (Wildman–Crippen MR) is 58.8 cm³/mol. The molecule has 1 heterocycles. The van der Waals surface area contributed by atoms with E-state index in [1.54, 1.807) is 0 Å².